The van der Waals surface area contributed by atoms with Crippen LogP contribution in [0.5, 0.6) is 0 Å². The van der Waals surface area contributed by atoms with Gasteiger partial charge in [0.05, 0.1) is 0 Å². The second kappa shape index (κ2) is 29.9. The van der Waals surface area contributed by atoms with Crippen LogP contribution in [0.1, 0.15) is 257 Å². The van der Waals surface area contributed by atoms with Gasteiger partial charge >= 0.3 is 48.9 Å². The molecule has 2 saturated heterocycles. The summed E-state index contributed by atoms with van der Waals surface area (Å²) in [5.74, 6) is 0. The Bertz CT molecular complexity index is 867. The molecule has 8 saturated carbocycles. The van der Waals surface area contributed by atoms with E-state index in [1.165, 1.54) is 45.3 Å². The summed E-state index contributed by atoms with van der Waals surface area (Å²) in [4.78, 5) is 0. The number of hydrogen-bond acceptors (Lipinski definition) is 0. The van der Waals surface area contributed by atoms with Crippen LogP contribution in [-0.2, 0) is 0 Å². The standard InChI is InChI=1S/2C24H44P4.2ClH.2Sb/c2*1-5-13-21(14-6-1)25-26(22-15-7-2-8-16-22)28(24-19-11-4-12-20-24)27(25)23-17-9-3-10-18-23;;;;/h2*21-24H,1-20H2;2*1H;;/q;;;;2*+3/p-2. The average molecular weight is 1230 g/mol. The van der Waals surface area contributed by atoms with Crippen LogP contribution in [0.4, 0.5) is 0 Å². The first-order valence-corrected chi connectivity index (χ1v) is 43.1. The Hall–Kier alpha value is 5.66. The van der Waals surface area contributed by atoms with Gasteiger partial charge in [-0.15, -0.1) is 0 Å². The Morgan fingerprint density at radius 3 is 0.317 bits per heavy atom. The van der Waals surface area contributed by atoms with Crippen molar-refractivity contribution in [3.8, 4) is 0 Å². The van der Waals surface area contributed by atoms with Crippen molar-refractivity contribution in [2.45, 2.75) is 302 Å². The third-order valence-corrected chi connectivity index (χ3v) is 93.3. The molecule has 0 aromatic heterocycles. The van der Waals surface area contributed by atoms with Gasteiger partial charge in [0.2, 0.25) is 0 Å². The van der Waals surface area contributed by atoms with E-state index in [0.29, 0.717) is 58.4 Å². The van der Waals surface area contributed by atoms with Gasteiger partial charge in [-0.25, -0.2) is 0 Å². The first-order valence-electron chi connectivity index (χ1n) is 26.2. The average Bonchev–Trinajstić information content (AvgIpc) is 3.26. The van der Waals surface area contributed by atoms with Crippen molar-refractivity contribution >= 4 is 107 Å². The molecule has 10 aliphatic rings. The van der Waals surface area contributed by atoms with E-state index in [9.17, 15) is 0 Å². The number of hydrogen-bond donors (Lipinski definition) is 0. The van der Waals surface area contributed by atoms with Gasteiger partial charge in [0.1, 0.15) is 0 Å². The molecule has 0 atom stereocenters. The fraction of sp³-hybridized carbons (Fsp3) is 1.00. The quantitative estimate of drug-likeness (QED) is 0.168. The minimum atomic E-state index is 0. The zero-order chi connectivity index (χ0) is 37.5. The van der Waals surface area contributed by atoms with E-state index in [-0.39, 0.29) is 73.7 Å². The predicted molar refractivity (Wildman–Crippen MR) is 282 cm³/mol. The van der Waals surface area contributed by atoms with Gasteiger partial charge in [-0.3, -0.25) is 0 Å². The molecule has 0 aromatic rings. The van der Waals surface area contributed by atoms with E-state index in [2.05, 4.69) is 0 Å². The molecule has 0 nitrogen and oxygen atoms in total. The summed E-state index contributed by atoms with van der Waals surface area (Å²) in [5, 5.41) is 0. The molecule has 0 spiro atoms. The van der Waals surface area contributed by atoms with Crippen molar-refractivity contribution in [2.24, 2.45) is 0 Å². The van der Waals surface area contributed by atoms with Crippen LogP contribution in [0.2, 0.25) is 0 Å². The summed E-state index contributed by atoms with van der Waals surface area (Å²) in [6.07, 6.45) is 65.0. The monoisotopic (exact) mass is 1220 g/mol. The second-order valence-corrected chi connectivity index (χ2v) is 60.1. The van der Waals surface area contributed by atoms with E-state index < -0.39 is 0 Å². The maximum Gasteiger partial charge on any atom is 3.00 e. The molecule has 0 bridgehead atoms. The second-order valence-electron chi connectivity index (χ2n) is 20.9. The number of rotatable bonds is 8. The Morgan fingerprint density at radius 1 is 0.150 bits per heavy atom. The summed E-state index contributed by atoms with van der Waals surface area (Å²) in [7, 11) is 4.05. The molecular formula is C48H88Cl2P8Sb2+4. The summed E-state index contributed by atoms with van der Waals surface area (Å²) in [6.45, 7) is 0. The van der Waals surface area contributed by atoms with Gasteiger partial charge in [-0.05, 0) is 206 Å². The van der Waals surface area contributed by atoms with E-state index in [1.807, 2.05) is 0 Å². The molecule has 2 aliphatic heterocycles. The Kier molecular flexibility index (Phi) is 28.2. The van der Waals surface area contributed by atoms with Crippen LogP contribution < -0.4 is 24.8 Å². The molecule has 8 aliphatic carbocycles. The smallest absolute Gasteiger partial charge is 1.00 e. The van der Waals surface area contributed by atoms with Gasteiger partial charge in [0.25, 0.3) is 0 Å². The molecule has 2 heterocycles. The minimum Gasteiger partial charge on any atom is -1.00 e. The molecule has 10 fully saturated rings. The van der Waals surface area contributed by atoms with Crippen molar-refractivity contribution in [3.63, 3.8) is 0 Å². The molecule has 0 amide bonds. The summed E-state index contributed by atoms with van der Waals surface area (Å²) >= 11 is 0. The van der Waals surface area contributed by atoms with Crippen molar-refractivity contribution in [2.75, 3.05) is 0 Å². The van der Waals surface area contributed by atoms with Crippen LogP contribution in [-0.4, -0.2) is 94.1 Å². The van der Waals surface area contributed by atoms with Gasteiger partial charge in [0.15, 0.2) is 0 Å². The predicted octanol–water partition coefficient (Wildman–Crippen LogP) is 15.1. The van der Waals surface area contributed by atoms with E-state index in [0.717, 1.165) is 0 Å². The fourth-order valence-electron chi connectivity index (χ4n) is 13.9. The van der Waals surface area contributed by atoms with Crippen LogP contribution in [0.25, 0.3) is 0 Å². The molecule has 0 unspecified atom stereocenters. The van der Waals surface area contributed by atoms with Gasteiger partial charge in [0, 0.05) is 0 Å². The van der Waals surface area contributed by atoms with Gasteiger partial charge < -0.3 is 24.8 Å². The zero-order valence-electron chi connectivity index (χ0n) is 38.1. The largest absolute Gasteiger partial charge is 3.00 e. The molecular weight excluding hydrogens is 1140 g/mol. The van der Waals surface area contributed by atoms with Gasteiger partial charge in [-0.1, -0.05) is 154 Å². The van der Waals surface area contributed by atoms with Crippen LogP contribution in [0.3, 0.4) is 0 Å². The Morgan fingerprint density at radius 2 is 0.233 bits per heavy atom. The Balaban J connectivity index is 0.000000213. The normalized spacial score (nSPS) is 37.6. The van der Waals surface area contributed by atoms with Crippen LogP contribution in [0, 0.1) is 0 Å². The first-order chi connectivity index (χ1) is 27.9. The van der Waals surface area contributed by atoms with Crippen molar-refractivity contribution < 1.29 is 24.8 Å². The van der Waals surface area contributed by atoms with E-state index in [4.69, 9.17) is 0 Å². The van der Waals surface area contributed by atoms with Crippen LogP contribution >= 0.6 is 58.4 Å². The maximum atomic E-state index is 1.68. The first kappa shape index (κ1) is 56.6. The minimum absolute atomic E-state index is 0. The molecule has 60 heavy (non-hydrogen) atoms. The van der Waals surface area contributed by atoms with Gasteiger partial charge in [-0.2, -0.15) is 0 Å². The SMILES string of the molecule is C1CCC(P2P(C3CCCCC3)P(C3CCCCC3)P2C2CCCCC2)CC1.C1CCC(P2P(C3CCCCC3)P(C3CCCCC3)P2C2CCCCC2)CC1.[Cl-].[Cl-].[Sb+3].[Sb+3]. The molecule has 12 heteroatoms. The molecule has 0 aromatic carbocycles. The fourth-order valence-corrected chi connectivity index (χ4v) is 116. The van der Waals surface area contributed by atoms with Crippen molar-refractivity contribution in [1.29, 1.82) is 0 Å². The molecule has 0 N–H and O–H groups in total. The van der Waals surface area contributed by atoms with Crippen LogP contribution in [0.15, 0.2) is 0 Å². The molecule has 10 rings (SSSR count). The van der Waals surface area contributed by atoms with E-state index in [1.54, 1.807) is 257 Å². The Labute approximate surface area is 429 Å². The maximum absolute atomic E-state index is 1.68. The summed E-state index contributed by atoms with van der Waals surface area (Å²) in [6, 6.07) is 0. The molecule has 4 radical (unpaired) electrons. The third-order valence-electron chi connectivity index (χ3n) is 16.9. The van der Waals surface area contributed by atoms with Crippen molar-refractivity contribution in [3.05, 3.63) is 0 Å². The topological polar surface area (TPSA) is 0 Å². The summed E-state index contributed by atoms with van der Waals surface area (Å²) < 4.78 is 0. The molecule has 340 valence electrons. The summed E-state index contributed by atoms with van der Waals surface area (Å²) in [5.41, 5.74) is 10.2. The number of halogens is 2. The zero-order valence-corrected chi connectivity index (χ0v) is 51.9. The van der Waals surface area contributed by atoms with Crippen molar-refractivity contribution in [1.82, 2.24) is 0 Å². The van der Waals surface area contributed by atoms with E-state index >= 15 is 0 Å². The third kappa shape index (κ3) is 14.0.